The second-order valence-corrected chi connectivity index (χ2v) is 7.27. The minimum atomic E-state index is -0.0851. The highest BCUT2D eigenvalue weighted by molar-refractivity contribution is 5.88. The first kappa shape index (κ1) is 15.8. The van der Waals surface area contributed by atoms with Crippen LogP contribution in [0.1, 0.15) is 37.2 Å². The molecule has 4 rings (SSSR count). The number of urea groups is 1. The predicted octanol–water partition coefficient (Wildman–Crippen LogP) is 2.62. The first-order chi connectivity index (χ1) is 11.7. The van der Waals surface area contributed by atoms with E-state index in [1.807, 2.05) is 17.2 Å². The van der Waals surface area contributed by atoms with Gasteiger partial charge in [0.15, 0.2) is 0 Å². The molecule has 6 nitrogen and oxygen atoms in total. The van der Waals surface area contributed by atoms with Crippen molar-refractivity contribution >= 4 is 11.8 Å². The summed E-state index contributed by atoms with van der Waals surface area (Å²) in [7, 11) is 0. The van der Waals surface area contributed by atoms with Gasteiger partial charge < -0.3 is 14.4 Å². The Bertz CT molecular complexity index is 580. The lowest BCUT2D eigenvalue weighted by Gasteiger charge is -2.38. The van der Waals surface area contributed by atoms with Gasteiger partial charge in [-0.1, -0.05) is 6.07 Å². The molecule has 2 amide bonds. The third-order valence-electron chi connectivity index (χ3n) is 5.35. The van der Waals surface area contributed by atoms with Gasteiger partial charge in [0.25, 0.3) is 0 Å². The van der Waals surface area contributed by atoms with Crippen LogP contribution >= 0.6 is 0 Å². The molecule has 2 saturated heterocycles. The lowest BCUT2D eigenvalue weighted by Crippen LogP contribution is -2.46. The number of carbonyl (C=O) groups excluding carboxylic acids is 1. The van der Waals surface area contributed by atoms with Crippen molar-refractivity contribution in [1.29, 1.82) is 0 Å². The molecule has 130 valence electrons. The first-order valence-electron chi connectivity index (χ1n) is 8.92. The Hall–Kier alpha value is -1.66. The molecule has 3 aliphatic rings. The number of amides is 2. The minimum absolute atomic E-state index is 0.0371. The van der Waals surface area contributed by atoms with Gasteiger partial charge in [0.1, 0.15) is 5.82 Å². The van der Waals surface area contributed by atoms with Gasteiger partial charge in [-0.2, -0.15) is 0 Å². The van der Waals surface area contributed by atoms with Crippen molar-refractivity contribution in [2.45, 2.75) is 31.6 Å². The summed E-state index contributed by atoms with van der Waals surface area (Å²) in [5.41, 5.74) is 1.31. The zero-order chi connectivity index (χ0) is 16.4. The molecule has 6 heteroatoms. The fourth-order valence-electron chi connectivity index (χ4n) is 3.60. The zero-order valence-corrected chi connectivity index (χ0v) is 14.0. The molecule has 0 atom stereocenters. The van der Waals surface area contributed by atoms with Crippen molar-refractivity contribution in [3.8, 4) is 0 Å². The monoisotopic (exact) mass is 331 g/mol. The van der Waals surface area contributed by atoms with Gasteiger partial charge in [0.05, 0.1) is 13.2 Å². The second kappa shape index (κ2) is 6.69. The van der Waals surface area contributed by atoms with E-state index < -0.39 is 0 Å². The number of hydrogen-bond donors (Lipinski definition) is 1. The van der Waals surface area contributed by atoms with Gasteiger partial charge in [0.2, 0.25) is 0 Å². The van der Waals surface area contributed by atoms with E-state index in [-0.39, 0.29) is 11.4 Å². The lowest BCUT2D eigenvalue weighted by atomic mass is 9.80. The smallest absolute Gasteiger partial charge is 0.323 e. The van der Waals surface area contributed by atoms with Crippen molar-refractivity contribution in [1.82, 2.24) is 9.88 Å². The van der Waals surface area contributed by atoms with Gasteiger partial charge >= 0.3 is 6.03 Å². The average molecular weight is 331 g/mol. The molecular formula is C18H25N3O3. The topological polar surface area (TPSA) is 63.7 Å². The van der Waals surface area contributed by atoms with Crippen LogP contribution in [-0.4, -0.2) is 55.4 Å². The summed E-state index contributed by atoms with van der Waals surface area (Å²) in [6.07, 6.45) is 6.30. The van der Waals surface area contributed by atoms with E-state index in [0.717, 1.165) is 32.6 Å². The molecule has 0 radical (unpaired) electrons. The number of nitrogens with zero attached hydrogens (tertiary/aromatic N) is 2. The summed E-state index contributed by atoms with van der Waals surface area (Å²) >= 11 is 0. The highest BCUT2D eigenvalue weighted by atomic mass is 16.5. The van der Waals surface area contributed by atoms with Crippen molar-refractivity contribution in [3.63, 3.8) is 0 Å². The molecule has 3 fully saturated rings. The Balaban J connectivity index is 1.40. The van der Waals surface area contributed by atoms with E-state index in [4.69, 9.17) is 9.47 Å². The quantitative estimate of drug-likeness (QED) is 0.905. The molecule has 3 heterocycles. The number of anilines is 1. The Morgan fingerprint density at radius 1 is 1.21 bits per heavy atom. The molecule has 1 aliphatic carbocycles. The predicted molar refractivity (Wildman–Crippen MR) is 90.1 cm³/mol. The largest absolute Gasteiger partial charge is 0.381 e. The molecule has 2 aliphatic heterocycles. The molecule has 1 aromatic rings. The number of hydrogen-bond acceptors (Lipinski definition) is 4. The van der Waals surface area contributed by atoms with E-state index in [1.165, 1.54) is 18.4 Å². The van der Waals surface area contributed by atoms with Gasteiger partial charge in [-0.15, -0.1) is 0 Å². The fourth-order valence-corrected chi connectivity index (χ4v) is 3.60. The molecule has 0 unspecified atom stereocenters. The van der Waals surface area contributed by atoms with E-state index in [2.05, 4.69) is 16.4 Å². The highest BCUT2D eigenvalue weighted by Crippen LogP contribution is 2.39. The Morgan fingerprint density at radius 3 is 2.75 bits per heavy atom. The molecule has 0 aromatic carbocycles. The maximum Gasteiger partial charge on any atom is 0.323 e. The number of carbonyl (C=O) groups is 1. The Labute approximate surface area is 142 Å². The molecule has 1 aromatic heterocycles. The van der Waals surface area contributed by atoms with Crippen LogP contribution in [0.2, 0.25) is 0 Å². The number of pyridine rings is 1. The average Bonchev–Trinajstić information content (AvgIpc) is 3.44. The normalized spacial score (nSPS) is 23.8. The summed E-state index contributed by atoms with van der Waals surface area (Å²) in [5, 5.41) is 2.94. The van der Waals surface area contributed by atoms with Gasteiger partial charge in [-0.3, -0.25) is 5.32 Å². The summed E-state index contributed by atoms with van der Waals surface area (Å²) in [5.74, 6) is 1.30. The van der Waals surface area contributed by atoms with Crippen molar-refractivity contribution in [2.75, 3.05) is 44.8 Å². The lowest BCUT2D eigenvalue weighted by molar-refractivity contribution is -0.0292. The van der Waals surface area contributed by atoms with Crippen LogP contribution in [0.4, 0.5) is 10.6 Å². The van der Waals surface area contributed by atoms with E-state index in [9.17, 15) is 4.79 Å². The van der Waals surface area contributed by atoms with Gasteiger partial charge in [0, 0.05) is 37.9 Å². The van der Waals surface area contributed by atoms with E-state index in [1.54, 1.807) is 0 Å². The molecule has 0 bridgehead atoms. The van der Waals surface area contributed by atoms with Crippen LogP contribution in [0.3, 0.4) is 0 Å². The molecule has 1 N–H and O–H groups in total. The highest BCUT2D eigenvalue weighted by Gasteiger charge is 2.38. The Kier molecular flexibility index (Phi) is 4.41. The second-order valence-electron chi connectivity index (χ2n) is 7.27. The van der Waals surface area contributed by atoms with Crippen LogP contribution in [0.25, 0.3) is 0 Å². The van der Waals surface area contributed by atoms with E-state index in [0.29, 0.717) is 31.5 Å². The number of ether oxygens (including phenoxy) is 2. The maximum absolute atomic E-state index is 12.7. The van der Waals surface area contributed by atoms with Crippen LogP contribution in [0, 0.1) is 5.41 Å². The third-order valence-corrected chi connectivity index (χ3v) is 5.35. The summed E-state index contributed by atoms with van der Waals surface area (Å²) in [4.78, 5) is 18.9. The van der Waals surface area contributed by atoms with Gasteiger partial charge in [-0.25, -0.2) is 9.78 Å². The standard InChI is InChI=1S/C18H25N3O3/c22-17(20-16-4-3-15(11-19-16)14-1-2-14)21-7-10-24-13-18(12-21)5-8-23-9-6-18/h3-4,11,14H,1-2,5-10,12-13H2,(H,19,20,22). The van der Waals surface area contributed by atoms with Crippen LogP contribution in [0.15, 0.2) is 18.3 Å². The van der Waals surface area contributed by atoms with Crippen LogP contribution in [-0.2, 0) is 9.47 Å². The SMILES string of the molecule is O=C(Nc1ccc(C2CC2)cn1)N1CCOCC2(CCOCC2)C1. The number of rotatable bonds is 2. The maximum atomic E-state index is 12.7. The van der Waals surface area contributed by atoms with Gasteiger partial charge in [-0.05, 0) is 43.2 Å². The van der Waals surface area contributed by atoms with Crippen molar-refractivity contribution < 1.29 is 14.3 Å². The molecule has 1 spiro atoms. The summed E-state index contributed by atoms with van der Waals surface area (Å²) in [6.45, 7) is 4.15. The number of nitrogens with one attached hydrogen (secondary N) is 1. The fraction of sp³-hybridized carbons (Fsp3) is 0.667. The van der Waals surface area contributed by atoms with Crippen molar-refractivity contribution in [2.24, 2.45) is 5.41 Å². The minimum Gasteiger partial charge on any atom is -0.381 e. The van der Waals surface area contributed by atoms with Crippen LogP contribution < -0.4 is 5.32 Å². The number of aromatic nitrogens is 1. The molecule has 24 heavy (non-hydrogen) atoms. The van der Waals surface area contributed by atoms with E-state index >= 15 is 0 Å². The first-order valence-corrected chi connectivity index (χ1v) is 8.92. The van der Waals surface area contributed by atoms with Crippen molar-refractivity contribution in [3.05, 3.63) is 23.9 Å². The molecular weight excluding hydrogens is 306 g/mol. The third kappa shape index (κ3) is 3.54. The van der Waals surface area contributed by atoms with Crippen LogP contribution in [0.5, 0.6) is 0 Å². The summed E-state index contributed by atoms with van der Waals surface area (Å²) in [6, 6.07) is 3.90. The molecule has 1 saturated carbocycles. The summed E-state index contributed by atoms with van der Waals surface area (Å²) < 4.78 is 11.3. The zero-order valence-electron chi connectivity index (χ0n) is 14.0. The Morgan fingerprint density at radius 2 is 2.04 bits per heavy atom.